The standard InChI is InChI=1S/C24H18N2/c1-2-9-18(10-3-1)24(19-11-8-16-25-17-19)20-12-4-6-14-22(20)26-23-15-7-5-13-21(23)24/h1-17,26H. The van der Waals surface area contributed by atoms with Gasteiger partial charge in [0.15, 0.2) is 0 Å². The second-order valence-electron chi connectivity index (χ2n) is 6.57. The Morgan fingerprint density at radius 1 is 0.577 bits per heavy atom. The van der Waals surface area contributed by atoms with Crippen LogP contribution in [0.5, 0.6) is 0 Å². The number of nitrogens with zero attached hydrogens (tertiary/aromatic N) is 1. The molecule has 0 fully saturated rings. The molecule has 2 nitrogen and oxygen atoms in total. The summed E-state index contributed by atoms with van der Waals surface area (Å²) in [5, 5.41) is 3.61. The number of hydrogen-bond donors (Lipinski definition) is 1. The van der Waals surface area contributed by atoms with E-state index >= 15 is 0 Å². The Morgan fingerprint density at radius 3 is 1.77 bits per heavy atom. The van der Waals surface area contributed by atoms with E-state index in [1.54, 1.807) is 0 Å². The fourth-order valence-electron chi connectivity index (χ4n) is 4.19. The van der Waals surface area contributed by atoms with Gasteiger partial charge in [0.1, 0.15) is 0 Å². The first-order valence-corrected chi connectivity index (χ1v) is 8.83. The van der Waals surface area contributed by atoms with Crippen molar-refractivity contribution in [3.05, 3.63) is 126 Å². The lowest BCUT2D eigenvalue weighted by molar-refractivity contribution is 0.735. The molecule has 0 saturated heterocycles. The van der Waals surface area contributed by atoms with Crippen molar-refractivity contribution in [2.24, 2.45) is 0 Å². The van der Waals surface area contributed by atoms with Crippen molar-refractivity contribution in [3.63, 3.8) is 0 Å². The topological polar surface area (TPSA) is 24.9 Å². The zero-order chi connectivity index (χ0) is 17.4. The Bertz CT molecular complexity index is 969. The molecule has 0 bridgehead atoms. The summed E-state index contributed by atoms with van der Waals surface area (Å²) in [6, 6.07) is 32.1. The summed E-state index contributed by atoms with van der Waals surface area (Å²) in [6.45, 7) is 0. The summed E-state index contributed by atoms with van der Waals surface area (Å²) in [5.74, 6) is 0. The maximum Gasteiger partial charge on any atom is 0.0756 e. The highest BCUT2D eigenvalue weighted by Crippen LogP contribution is 2.52. The van der Waals surface area contributed by atoms with Gasteiger partial charge in [-0.2, -0.15) is 0 Å². The van der Waals surface area contributed by atoms with Gasteiger partial charge in [0.2, 0.25) is 0 Å². The monoisotopic (exact) mass is 334 g/mol. The van der Waals surface area contributed by atoms with Crippen molar-refractivity contribution in [2.75, 3.05) is 5.32 Å². The molecule has 0 amide bonds. The van der Waals surface area contributed by atoms with Crippen LogP contribution >= 0.6 is 0 Å². The summed E-state index contributed by atoms with van der Waals surface area (Å²) in [7, 11) is 0. The van der Waals surface area contributed by atoms with Crippen molar-refractivity contribution in [1.29, 1.82) is 0 Å². The molecule has 0 atom stereocenters. The average molecular weight is 334 g/mol. The molecule has 0 saturated carbocycles. The van der Waals surface area contributed by atoms with Gasteiger partial charge in [0, 0.05) is 23.8 Å². The summed E-state index contributed by atoms with van der Waals surface area (Å²) >= 11 is 0. The van der Waals surface area contributed by atoms with E-state index in [2.05, 4.69) is 95.2 Å². The van der Waals surface area contributed by atoms with E-state index in [1.165, 1.54) is 22.3 Å². The zero-order valence-corrected chi connectivity index (χ0v) is 14.3. The van der Waals surface area contributed by atoms with Gasteiger partial charge in [-0.25, -0.2) is 0 Å². The van der Waals surface area contributed by atoms with Crippen LogP contribution in [0.25, 0.3) is 0 Å². The second-order valence-corrected chi connectivity index (χ2v) is 6.57. The fraction of sp³-hybridized carbons (Fsp3) is 0.0417. The lowest BCUT2D eigenvalue weighted by Gasteiger charge is -2.42. The third kappa shape index (κ3) is 2.02. The molecule has 2 heteroatoms. The Labute approximate surface area is 153 Å². The smallest absolute Gasteiger partial charge is 0.0756 e. The summed E-state index contributed by atoms with van der Waals surface area (Å²) in [5.41, 5.74) is 6.80. The van der Waals surface area contributed by atoms with E-state index in [4.69, 9.17) is 0 Å². The normalized spacial score (nSPS) is 14.0. The highest BCUT2D eigenvalue weighted by molar-refractivity contribution is 5.81. The molecule has 1 aromatic heterocycles. The molecule has 0 radical (unpaired) electrons. The molecule has 1 aliphatic rings. The molecule has 124 valence electrons. The van der Waals surface area contributed by atoms with Crippen LogP contribution < -0.4 is 5.32 Å². The van der Waals surface area contributed by atoms with Crippen molar-refractivity contribution in [1.82, 2.24) is 4.98 Å². The number of pyridine rings is 1. The third-order valence-corrected chi connectivity index (χ3v) is 5.23. The van der Waals surface area contributed by atoms with Gasteiger partial charge >= 0.3 is 0 Å². The number of hydrogen-bond acceptors (Lipinski definition) is 2. The van der Waals surface area contributed by atoms with Crippen molar-refractivity contribution in [3.8, 4) is 0 Å². The number of fused-ring (bicyclic) bond motifs is 2. The average Bonchev–Trinajstić information content (AvgIpc) is 2.73. The molecule has 3 aromatic carbocycles. The predicted octanol–water partition coefficient (Wildman–Crippen LogP) is 5.52. The lowest BCUT2D eigenvalue weighted by Crippen LogP contribution is -2.35. The highest BCUT2D eigenvalue weighted by atomic mass is 14.9. The summed E-state index contributed by atoms with van der Waals surface area (Å²) in [6.07, 6.45) is 3.83. The number of para-hydroxylation sites is 2. The summed E-state index contributed by atoms with van der Waals surface area (Å²) in [4.78, 5) is 4.46. The van der Waals surface area contributed by atoms with E-state index < -0.39 is 5.41 Å². The van der Waals surface area contributed by atoms with Crippen molar-refractivity contribution in [2.45, 2.75) is 5.41 Å². The van der Waals surface area contributed by atoms with Gasteiger partial charge in [-0.15, -0.1) is 0 Å². The van der Waals surface area contributed by atoms with Gasteiger partial charge in [0.05, 0.1) is 5.41 Å². The molecule has 1 N–H and O–H groups in total. The van der Waals surface area contributed by atoms with Crippen LogP contribution in [0.2, 0.25) is 0 Å². The van der Waals surface area contributed by atoms with Crippen molar-refractivity contribution >= 4 is 11.4 Å². The van der Waals surface area contributed by atoms with E-state index in [0.717, 1.165) is 11.4 Å². The molecule has 0 unspecified atom stereocenters. The van der Waals surface area contributed by atoms with E-state index in [1.807, 2.05) is 18.5 Å². The SMILES string of the molecule is c1ccc(C2(c3cccnc3)c3ccccc3Nc3ccccc32)cc1. The molecular weight excluding hydrogens is 316 g/mol. The Morgan fingerprint density at radius 2 is 1.15 bits per heavy atom. The van der Waals surface area contributed by atoms with Crippen LogP contribution in [-0.2, 0) is 5.41 Å². The summed E-state index contributed by atoms with van der Waals surface area (Å²) < 4.78 is 0. The van der Waals surface area contributed by atoms with Gasteiger partial charge in [-0.3, -0.25) is 4.98 Å². The van der Waals surface area contributed by atoms with E-state index in [-0.39, 0.29) is 0 Å². The first-order valence-electron chi connectivity index (χ1n) is 8.83. The second kappa shape index (κ2) is 5.85. The minimum absolute atomic E-state index is 0.395. The van der Waals surface area contributed by atoms with Crippen LogP contribution in [-0.4, -0.2) is 4.98 Å². The zero-order valence-electron chi connectivity index (χ0n) is 14.3. The highest BCUT2D eigenvalue weighted by Gasteiger charge is 2.43. The number of aromatic nitrogens is 1. The third-order valence-electron chi connectivity index (χ3n) is 5.23. The van der Waals surface area contributed by atoms with Crippen LogP contribution in [0.4, 0.5) is 11.4 Å². The van der Waals surface area contributed by atoms with E-state index in [0.29, 0.717) is 0 Å². The first kappa shape index (κ1) is 14.9. The minimum Gasteiger partial charge on any atom is -0.355 e. The molecule has 26 heavy (non-hydrogen) atoms. The fourth-order valence-corrected chi connectivity index (χ4v) is 4.19. The number of rotatable bonds is 2. The molecule has 1 aliphatic heterocycles. The lowest BCUT2D eigenvalue weighted by atomic mass is 9.63. The maximum absolute atomic E-state index is 4.46. The molecule has 2 heterocycles. The maximum atomic E-state index is 4.46. The van der Waals surface area contributed by atoms with Gasteiger partial charge in [-0.1, -0.05) is 72.8 Å². The van der Waals surface area contributed by atoms with Crippen LogP contribution in [0.3, 0.4) is 0 Å². The molecule has 0 aliphatic carbocycles. The van der Waals surface area contributed by atoms with E-state index in [9.17, 15) is 0 Å². The van der Waals surface area contributed by atoms with Gasteiger partial charge in [0.25, 0.3) is 0 Å². The molecule has 4 aromatic rings. The predicted molar refractivity (Wildman–Crippen MR) is 106 cm³/mol. The molecule has 0 spiro atoms. The minimum atomic E-state index is -0.395. The Hall–Kier alpha value is -3.39. The Kier molecular flexibility index (Phi) is 3.36. The quantitative estimate of drug-likeness (QED) is 0.460. The number of nitrogens with one attached hydrogen (secondary N) is 1. The Balaban J connectivity index is 1.97. The van der Waals surface area contributed by atoms with Gasteiger partial charge < -0.3 is 5.32 Å². The molecule has 5 rings (SSSR count). The van der Waals surface area contributed by atoms with Crippen LogP contribution in [0, 0.1) is 0 Å². The number of benzene rings is 3. The van der Waals surface area contributed by atoms with Crippen LogP contribution in [0.15, 0.2) is 103 Å². The number of anilines is 2. The first-order chi connectivity index (χ1) is 12.9. The van der Waals surface area contributed by atoms with Crippen molar-refractivity contribution < 1.29 is 0 Å². The largest absolute Gasteiger partial charge is 0.355 e. The van der Waals surface area contributed by atoms with Crippen LogP contribution in [0.1, 0.15) is 22.3 Å². The van der Waals surface area contributed by atoms with Gasteiger partial charge in [-0.05, 0) is 40.5 Å². The molecular formula is C24H18N2.